The summed E-state index contributed by atoms with van der Waals surface area (Å²) in [4.78, 5) is 11.9. The van der Waals surface area contributed by atoms with Crippen LogP contribution in [0.15, 0.2) is 46.4 Å². The molecule has 0 saturated carbocycles. The number of ether oxygens (including phenoxy) is 1. The lowest BCUT2D eigenvalue weighted by molar-refractivity contribution is -0.138. The van der Waals surface area contributed by atoms with Gasteiger partial charge in [-0.2, -0.15) is 5.26 Å². The van der Waals surface area contributed by atoms with Gasteiger partial charge in [0.15, 0.2) is 0 Å². The van der Waals surface area contributed by atoms with Crippen molar-refractivity contribution in [1.82, 2.24) is 0 Å². The first-order valence-corrected chi connectivity index (χ1v) is 8.10. The Labute approximate surface area is 142 Å². The normalized spacial score (nSPS) is 11.1. The lowest BCUT2D eigenvalue weighted by Gasteiger charge is -2.02. The molecule has 1 aromatic carbocycles. The zero-order chi connectivity index (χ0) is 17.4. The average molecular weight is 323 g/mol. The third-order valence-electron chi connectivity index (χ3n) is 3.57. The van der Waals surface area contributed by atoms with Crippen LogP contribution in [0.3, 0.4) is 0 Å². The van der Waals surface area contributed by atoms with Gasteiger partial charge in [0.25, 0.3) is 0 Å². The summed E-state index contributed by atoms with van der Waals surface area (Å²) in [7, 11) is 0. The van der Waals surface area contributed by atoms with Gasteiger partial charge in [0.1, 0.15) is 23.2 Å². The summed E-state index contributed by atoms with van der Waals surface area (Å²) in [5.74, 6) is 0.532. The summed E-state index contributed by atoms with van der Waals surface area (Å²) >= 11 is 0. The van der Waals surface area contributed by atoms with E-state index < -0.39 is 5.97 Å². The van der Waals surface area contributed by atoms with Crippen molar-refractivity contribution in [2.24, 2.45) is 0 Å². The number of benzene rings is 1. The maximum Gasteiger partial charge on any atom is 0.349 e. The summed E-state index contributed by atoms with van der Waals surface area (Å²) in [6.45, 7) is 4.43. The number of nitriles is 1. The quantitative estimate of drug-likeness (QED) is 0.315. The number of aryl methyl sites for hydroxylation is 1. The van der Waals surface area contributed by atoms with Gasteiger partial charge in [-0.1, -0.05) is 49.6 Å². The van der Waals surface area contributed by atoms with Gasteiger partial charge in [0.05, 0.1) is 6.61 Å². The van der Waals surface area contributed by atoms with Gasteiger partial charge < -0.3 is 9.15 Å². The molecule has 0 atom stereocenters. The molecule has 0 unspecified atom stereocenters. The van der Waals surface area contributed by atoms with Crippen LogP contribution in [0, 0.1) is 18.3 Å². The highest BCUT2D eigenvalue weighted by atomic mass is 16.5. The minimum Gasteiger partial charge on any atom is -0.462 e. The Morgan fingerprint density at radius 1 is 1.21 bits per heavy atom. The highest BCUT2D eigenvalue weighted by molar-refractivity contribution is 5.97. The molecule has 2 rings (SSSR count). The summed E-state index contributed by atoms with van der Waals surface area (Å²) in [6, 6.07) is 13.4. The largest absolute Gasteiger partial charge is 0.462 e. The van der Waals surface area contributed by atoms with Crippen LogP contribution in [0.1, 0.15) is 37.5 Å². The Bertz CT molecular complexity index is 748. The molecule has 0 spiro atoms. The summed E-state index contributed by atoms with van der Waals surface area (Å²) < 4.78 is 10.8. The molecule has 1 heterocycles. The maximum absolute atomic E-state index is 11.9. The molecular weight excluding hydrogens is 302 g/mol. The average Bonchev–Trinajstić information content (AvgIpc) is 3.05. The van der Waals surface area contributed by atoms with E-state index in [1.165, 1.54) is 11.6 Å². The van der Waals surface area contributed by atoms with E-state index in [1.54, 1.807) is 6.07 Å². The van der Waals surface area contributed by atoms with Crippen molar-refractivity contribution in [2.75, 3.05) is 6.61 Å². The number of carbonyl (C=O) groups is 1. The number of carbonyl (C=O) groups excluding carboxylic acids is 1. The number of unbranched alkanes of at least 4 members (excludes halogenated alkanes) is 2. The molecule has 24 heavy (non-hydrogen) atoms. The van der Waals surface area contributed by atoms with E-state index in [0.717, 1.165) is 24.8 Å². The second-order valence-corrected chi connectivity index (χ2v) is 5.58. The van der Waals surface area contributed by atoms with Gasteiger partial charge in [-0.3, -0.25) is 0 Å². The number of rotatable bonds is 7. The van der Waals surface area contributed by atoms with Gasteiger partial charge in [0.2, 0.25) is 0 Å². The van der Waals surface area contributed by atoms with Crippen LogP contribution in [0.4, 0.5) is 0 Å². The van der Waals surface area contributed by atoms with Gasteiger partial charge in [0, 0.05) is 11.6 Å². The first-order chi connectivity index (χ1) is 11.6. The number of hydrogen-bond donors (Lipinski definition) is 0. The predicted molar refractivity (Wildman–Crippen MR) is 93.0 cm³/mol. The van der Waals surface area contributed by atoms with E-state index in [9.17, 15) is 4.79 Å². The second-order valence-electron chi connectivity index (χ2n) is 5.58. The van der Waals surface area contributed by atoms with Crippen LogP contribution in [-0.4, -0.2) is 12.6 Å². The molecule has 0 amide bonds. The van der Waals surface area contributed by atoms with Crippen molar-refractivity contribution in [3.63, 3.8) is 0 Å². The molecule has 1 aromatic heterocycles. The number of esters is 1. The fraction of sp³-hybridized carbons (Fsp3) is 0.300. The zero-order valence-corrected chi connectivity index (χ0v) is 14.0. The van der Waals surface area contributed by atoms with E-state index >= 15 is 0 Å². The minimum absolute atomic E-state index is 0.0590. The fourth-order valence-corrected chi connectivity index (χ4v) is 2.18. The molecular formula is C20H21NO3. The van der Waals surface area contributed by atoms with Crippen molar-refractivity contribution in [3.8, 4) is 17.4 Å². The Balaban J connectivity index is 2.07. The predicted octanol–water partition coefficient (Wildman–Crippen LogP) is 4.90. The van der Waals surface area contributed by atoms with Crippen LogP contribution in [0.25, 0.3) is 17.4 Å². The molecule has 4 heteroatoms. The van der Waals surface area contributed by atoms with Crippen molar-refractivity contribution >= 4 is 12.0 Å². The monoisotopic (exact) mass is 323 g/mol. The van der Waals surface area contributed by atoms with E-state index in [0.29, 0.717) is 18.1 Å². The maximum atomic E-state index is 11.9. The molecule has 124 valence electrons. The van der Waals surface area contributed by atoms with Crippen LogP contribution in [0.5, 0.6) is 0 Å². The lowest BCUT2D eigenvalue weighted by Crippen LogP contribution is -2.07. The Kier molecular flexibility index (Phi) is 6.39. The topological polar surface area (TPSA) is 63.2 Å². The molecule has 0 aliphatic carbocycles. The standard InChI is InChI=1S/C20H21NO3/c1-3-4-5-12-23-20(22)17(14-21)13-18-10-11-19(24-18)16-8-6-15(2)7-9-16/h6-11,13H,3-5,12H2,1-2H3/b17-13+. The molecule has 0 N–H and O–H groups in total. The molecule has 0 aliphatic rings. The molecule has 0 bridgehead atoms. The van der Waals surface area contributed by atoms with Gasteiger partial charge in [-0.05, 0) is 25.5 Å². The van der Waals surface area contributed by atoms with Gasteiger partial charge >= 0.3 is 5.97 Å². The number of furan rings is 1. The third kappa shape index (κ3) is 4.85. The molecule has 0 saturated heterocycles. The Morgan fingerprint density at radius 3 is 2.62 bits per heavy atom. The SMILES string of the molecule is CCCCCOC(=O)/C(C#N)=C/c1ccc(-c2ccc(C)cc2)o1. The van der Waals surface area contributed by atoms with E-state index in [-0.39, 0.29) is 5.57 Å². The van der Waals surface area contributed by atoms with Crippen molar-refractivity contribution in [3.05, 3.63) is 53.3 Å². The fourth-order valence-electron chi connectivity index (χ4n) is 2.18. The molecule has 0 radical (unpaired) electrons. The number of hydrogen-bond acceptors (Lipinski definition) is 4. The zero-order valence-electron chi connectivity index (χ0n) is 14.0. The van der Waals surface area contributed by atoms with Crippen molar-refractivity contribution < 1.29 is 13.9 Å². The molecule has 0 aliphatic heterocycles. The number of nitrogens with zero attached hydrogens (tertiary/aromatic N) is 1. The summed E-state index contributed by atoms with van der Waals surface area (Å²) in [5, 5.41) is 9.15. The molecule has 0 fully saturated rings. The molecule has 2 aromatic rings. The highest BCUT2D eigenvalue weighted by Gasteiger charge is 2.12. The van der Waals surface area contributed by atoms with Crippen LogP contribution in [-0.2, 0) is 9.53 Å². The summed E-state index contributed by atoms with van der Waals surface area (Å²) in [5.41, 5.74) is 2.06. The third-order valence-corrected chi connectivity index (χ3v) is 3.57. The smallest absolute Gasteiger partial charge is 0.349 e. The van der Waals surface area contributed by atoms with Crippen LogP contribution < -0.4 is 0 Å². The Hall–Kier alpha value is -2.80. The van der Waals surface area contributed by atoms with Gasteiger partial charge in [-0.25, -0.2) is 4.79 Å². The van der Waals surface area contributed by atoms with Crippen molar-refractivity contribution in [1.29, 1.82) is 5.26 Å². The highest BCUT2D eigenvalue weighted by Crippen LogP contribution is 2.23. The van der Waals surface area contributed by atoms with Crippen LogP contribution >= 0.6 is 0 Å². The van der Waals surface area contributed by atoms with Crippen LogP contribution in [0.2, 0.25) is 0 Å². The van der Waals surface area contributed by atoms with Gasteiger partial charge in [-0.15, -0.1) is 0 Å². The minimum atomic E-state index is -0.609. The second kappa shape index (κ2) is 8.73. The van der Waals surface area contributed by atoms with Crippen molar-refractivity contribution in [2.45, 2.75) is 33.1 Å². The lowest BCUT2D eigenvalue weighted by atomic mass is 10.1. The summed E-state index contributed by atoms with van der Waals surface area (Å²) in [6.07, 6.45) is 4.27. The van der Waals surface area contributed by atoms with E-state index in [1.807, 2.05) is 43.3 Å². The van der Waals surface area contributed by atoms with E-state index in [2.05, 4.69) is 6.92 Å². The molecule has 4 nitrogen and oxygen atoms in total. The first kappa shape index (κ1) is 17.6. The first-order valence-electron chi connectivity index (χ1n) is 8.10. The Morgan fingerprint density at radius 2 is 1.96 bits per heavy atom. The van der Waals surface area contributed by atoms with E-state index in [4.69, 9.17) is 14.4 Å².